The van der Waals surface area contributed by atoms with Gasteiger partial charge < -0.3 is 15.0 Å². The standard InChI is InChI=1S/C49H102N4O6S2/c1-8-12-16-20-22-33-44-52(42-31-18-14-10-3)60(55,56)46-36-26-24-29-39-51(41-35-28-38-50-48(54)59-49(5,6)7)40-30-25-27-37-47-61(57,58)53(43-32-19-15-11-4)45-34-23-21-17-13-9-2/h8-47H2,1-7H3,(H,50,54). The van der Waals surface area contributed by atoms with E-state index in [-0.39, 0.29) is 17.6 Å². The number of hydrogen-bond acceptors (Lipinski definition) is 7. The lowest BCUT2D eigenvalue weighted by atomic mass is 10.1. The number of sulfonamides is 2. The lowest BCUT2D eigenvalue weighted by molar-refractivity contribution is 0.0526. The second-order valence-electron chi connectivity index (χ2n) is 18.9. The Morgan fingerprint density at radius 1 is 0.410 bits per heavy atom. The first-order valence-electron chi connectivity index (χ1n) is 25.9. The normalized spacial score (nSPS) is 12.6. The van der Waals surface area contributed by atoms with Crippen molar-refractivity contribution in [2.45, 2.75) is 247 Å². The molecule has 0 fully saturated rings. The van der Waals surface area contributed by atoms with E-state index in [2.05, 4.69) is 37.9 Å². The van der Waals surface area contributed by atoms with Crippen LogP contribution in [0.15, 0.2) is 0 Å². The Labute approximate surface area is 380 Å². The van der Waals surface area contributed by atoms with E-state index < -0.39 is 25.6 Å². The van der Waals surface area contributed by atoms with Crippen molar-refractivity contribution in [1.82, 2.24) is 18.8 Å². The Morgan fingerprint density at radius 2 is 0.689 bits per heavy atom. The van der Waals surface area contributed by atoms with E-state index in [1.807, 2.05) is 20.8 Å². The highest BCUT2D eigenvalue weighted by Gasteiger charge is 2.22. The van der Waals surface area contributed by atoms with Crippen LogP contribution >= 0.6 is 0 Å². The van der Waals surface area contributed by atoms with Gasteiger partial charge in [0.1, 0.15) is 5.60 Å². The third-order valence-electron chi connectivity index (χ3n) is 11.7. The molecular weight excluding hydrogens is 805 g/mol. The zero-order valence-electron chi connectivity index (χ0n) is 41.4. The molecule has 0 saturated carbocycles. The van der Waals surface area contributed by atoms with Crippen LogP contribution in [0.2, 0.25) is 0 Å². The van der Waals surface area contributed by atoms with Crippen LogP contribution in [-0.4, -0.2) is 106 Å². The molecule has 0 atom stereocenters. The molecule has 1 N–H and O–H groups in total. The minimum Gasteiger partial charge on any atom is -0.444 e. The predicted octanol–water partition coefficient (Wildman–Crippen LogP) is 12.9. The molecule has 0 aromatic rings. The number of rotatable bonds is 45. The van der Waals surface area contributed by atoms with Gasteiger partial charge in [0, 0.05) is 32.7 Å². The molecule has 0 aliphatic carbocycles. The molecule has 1 amide bonds. The summed E-state index contributed by atoms with van der Waals surface area (Å²) in [6, 6.07) is 0. The van der Waals surface area contributed by atoms with E-state index in [0.29, 0.717) is 45.6 Å². The second-order valence-corrected chi connectivity index (χ2v) is 23.1. The molecule has 61 heavy (non-hydrogen) atoms. The third-order valence-corrected chi connectivity index (χ3v) is 15.6. The minimum absolute atomic E-state index is 0.246. The van der Waals surface area contributed by atoms with Gasteiger partial charge in [-0.2, -0.15) is 0 Å². The lowest BCUT2D eigenvalue weighted by Crippen LogP contribution is -2.35. The predicted molar refractivity (Wildman–Crippen MR) is 263 cm³/mol. The number of unbranched alkanes of at least 4 members (excludes halogenated alkanes) is 23. The minimum atomic E-state index is -3.25. The van der Waals surface area contributed by atoms with Gasteiger partial charge >= 0.3 is 6.09 Å². The van der Waals surface area contributed by atoms with Gasteiger partial charge in [-0.3, -0.25) is 0 Å². The Morgan fingerprint density at radius 3 is 1.03 bits per heavy atom. The summed E-state index contributed by atoms with van der Waals surface area (Å²) < 4.78 is 62.8. The van der Waals surface area contributed by atoms with Crippen LogP contribution in [0.1, 0.15) is 241 Å². The molecule has 0 aromatic carbocycles. The smallest absolute Gasteiger partial charge is 0.407 e. The van der Waals surface area contributed by atoms with Crippen molar-refractivity contribution in [1.29, 1.82) is 0 Å². The molecule has 0 radical (unpaired) electrons. The van der Waals surface area contributed by atoms with Gasteiger partial charge in [0.25, 0.3) is 0 Å². The summed E-state index contributed by atoms with van der Waals surface area (Å²) in [7, 11) is -6.50. The number of nitrogens with zero attached hydrogens (tertiary/aromatic N) is 3. The maximum atomic E-state index is 13.5. The van der Waals surface area contributed by atoms with Gasteiger partial charge in [-0.15, -0.1) is 0 Å². The van der Waals surface area contributed by atoms with Crippen LogP contribution < -0.4 is 5.32 Å². The summed E-state index contributed by atoms with van der Waals surface area (Å²) in [6.45, 7) is 20.5. The first-order chi connectivity index (χ1) is 29.2. The van der Waals surface area contributed by atoms with Crippen molar-refractivity contribution in [3.8, 4) is 0 Å². The van der Waals surface area contributed by atoms with Crippen LogP contribution in [-0.2, 0) is 24.8 Å². The number of carbonyl (C=O) groups excluding carboxylic acids is 1. The number of hydrogen-bond donors (Lipinski definition) is 1. The van der Waals surface area contributed by atoms with Gasteiger partial charge in [0.15, 0.2) is 0 Å². The molecule has 12 heteroatoms. The van der Waals surface area contributed by atoms with Crippen LogP contribution in [0, 0.1) is 0 Å². The number of ether oxygens (including phenoxy) is 1. The topological polar surface area (TPSA) is 116 Å². The average Bonchev–Trinajstić information content (AvgIpc) is 3.20. The third kappa shape index (κ3) is 37.0. The summed E-state index contributed by atoms with van der Waals surface area (Å²) in [4.78, 5) is 14.6. The van der Waals surface area contributed by atoms with E-state index in [4.69, 9.17) is 4.74 Å². The SMILES string of the molecule is CCCCCCCCN(CCCCCC)S(=O)(=O)CCCCCCN(CCCCCCS(=O)(=O)N(CCCCCC)CCCCCCCC)CCCCNC(=O)OC(C)(C)C. The van der Waals surface area contributed by atoms with Gasteiger partial charge in [-0.05, 0) is 105 Å². The van der Waals surface area contributed by atoms with Crippen LogP contribution in [0.4, 0.5) is 4.79 Å². The molecule has 366 valence electrons. The molecule has 0 aliphatic rings. The summed E-state index contributed by atoms with van der Waals surface area (Å²) in [6.07, 6.45) is 31.4. The molecule has 0 aliphatic heterocycles. The van der Waals surface area contributed by atoms with E-state index in [1.165, 1.54) is 51.4 Å². The number of alkyl carbamates (subject to hydrolysis) is 1. The number of nitrogens with one attached hydrogen (secondary N) is 1. The molecule has 0 rings (SSSR count). The highest BCUT2D eigenvalue weighted by Crippen LogP contribution is 2.16. The fourth-order valence-corrected chi connectivity index (χ4v) is 11.1. The maximum absolute atomic E-state index is 13.5. The molecule has 0 heterocycles. The fraction of sp³-hybridized carbons (Fsp3) is 0.980. The van der Waals surface area contributed by atoms with Crippen LogP contribution in [0.5, 0.6) is 0 Å². The molecule has 0 aromatic heterocycles. The quantitative estimate of drug-likeness (QED) is 0.0605. The fourth-order valence-electron chi connectivity index (χ4n) is 7.85. The number of amides is 1. The van der Waals surface area contributed by atoms with Crippen LogP contribution in [0.25, 0.3) is 0 Å². The summed E-state index contributed by atoms with van der Waals surface area (Å²) in [5.41, 5.74) is -0.516. The monoisotopic (exact) mass is 907 g/mol. The molecule has 0 unspecified atom stereocenters. The molecule has 0 bridgehead atoms. The highest BCUT2D eigenvalue weighted by atomic mass is 32.2. The Kier molecular flexibility index (Phi) is 38.8. The Balaban J connectivity index is 5.04. The molecule has 0 saturated heterocycles. The lowest BCUT2D eigenvalue weighted by Gasteiger charge is -2.23. The van der Waals surface area contributed by atoms with Crippen molar-refractivity contribution in [3.05, 3.63) is 0 Å². The average molecular weight is 908 g/mol. The Hall–Kier alpha value is -0.950. The van der Waals surface area contributed by atoms with Gasteiger partial charge in [0.05, 0.1) is 11.5 Å². The largest absolute Gasteiger partial charge is 0.444 e. The summed E-state index contributed by atoms with van der Waals surface area (Å²) >= 11 is 0. The van der Waals surface area contributed by atoms with E-state index in [1.54, 1.807) is 8.61 Å². The van der Waals surface area contributed by atoms with E-state index in [9.17, 15) is 21.6 Å². The van der Waals surface area contributed by atoms with E-state index in [0.717, 1.165) is 148 Å². The molecule has 10 nitrogen and oxygen atoms in total. The highest BCUT2D eigenvalue weighted by molar-refractivity contribution is 7.89. The number of carbonyl (C=O) groups is 1. The van der Waals surface area contributed by atoms with Crippen molar-refractivity contribution in [3.63, 3.8) is 0 Å². The molecular formula is C49H102N4O6S2. The summed E-state index contributed by atoms with van der Waals surface area (Å²) in [5.74, 6) is 0.493. The first kappa shape index (κ1) is 60.1. The van der Waals surface area contributed by atoms with Gasteiger partial charge in [-0.25, -0.2) is 30.2 Å². The van der Waals surface area contributed by atoms with Gasteiger partial charge in [0.2, 0.25) is 20.0 Å². The van der Waals surface area contributed by atoms with Crippen molar-refractivity contribution in [2.24, 2.45) is 0 Å². The zero-order chi connectivity index (χ0) is 45.5. The molecule has 0 spiro atoms. The second kappa shape index (κ2) is 39.4. The van der Waals surface area contributed by atoms with Crippen molar-refractivity contribution < 1.29 is 26.4 Å². The van der Waals surface area contributed by atoms with Crippen molar-refractivity contribution >= 4 is 26.1 Å². The van der Waals surface area contributed by atoms with Crippen LogP contribution in [0.3, 0.4) is 0 Å². The van der Waals surface area contributed by atoms with E-state index >= 15 is 0 Å². The van der Waals surface area contributed by atoms with Gasteiger partial charge in [-0.1, -0.05) is 156 Å². The zero-order valence-corrected chi connectivity index (χ0v) is 43.0. The Bertz CT molecular complexity index is 1140. The first-order valence-corrected chi connectivity index (χ1v) is 29.1. The van der Waals surface area contributed by atoms with Crippen molar-refractivity contribution in [2.75, 3.05) is 63.9 Å². The summed E-state index contributed by atoms with van der Waals surface area (Å²) in [5, 5.41) is 2.88. The maximum Gasteiger partial charge on any atom is 0.407 e.